The van der Waals surface area contributed by atoms with Crippen LogP contribution in [0, 0.1) is 11.8 Å². The highest BCUT2D eigenvalue weighted by molar-refractivity contribution is 7.81. The van der Waals surface area contributed by atoms with Gasteiger partial charge in [0, 0.05) is 5.25 Å². The average Bonchev–Trinajstić information content (AvgIpc) is 1.94. The zero-order valence-electron chi connectivity index (χ0n) is 8.25. The van der Waals surface area contributed by atoms with E-state index < -0.39 is 5.60 Å². The molecular weight excluding hydrogens is 168 g/mol. The summed E-state index contributed by atoms with van der Waals surface area (Å²) in [5, 5.41) is 10.0. The van der Waals surface area contributed by atoms with Crippen molar-refractivity contribution in [1.29, 1.82) is 0 Å². The van der Waals surface area contributed by atoms with E-state index in [2.05, 4.69) is 26.5 Å². The van der Waals surface area contributed by atoms with Crippen LogP contribution >= 0.6 is 12.6 Å². The lowest BCUT2D eigenvalue weighted by Crippen LogP contribution is -2.42. The SMILES string of the molecule is CC(C)[C@@H]1CC[C@](C)(O)[C@@H](S)C1. The van der Waals surface area contributed by atoms with Crippen molar-refractivity contribution < 1.29 is 5.11 Å². The molecule has 1 fully saturated rings. The minimum absolute atomic E-state index is 0.165. The van der Waals surface area contributed by atoms with Crippen LogP contribution in [-0.4, -0.2) is 16.0 Å². The van der Waals surface area contributed by atoms with Crippen LogP contribution in [0.15, 0.2) is 0 Å². The maximum absolute atomic E-state index is 9.87. The monoisotopic (exact) mass is 188 g/mol. The summed E-state index contributed by atoms with van der Waals surface area (Å²) >= 11 is 4.45. The number of hydrogen-bond acceptors (Lipinski definition) is 2. The Morgan fingerprint density at radius 3 is 2.50 bits per heavy atom. The zero-order chi connectivity index (χ0) is 9.35. The molecule has 72 valence electrons. The molecule has 1 nitrogen and oxygen atoms in total. The van der Waals surface area contributed by atoms with Crippen LogP contribution < -0.4 is 0 Å². The van der Waals surface area contributed by atoms with E-state index in [9.17, 15) is 5.11 Å². The summed E-state index contributed by atoms with van der Waals surface area (Å²) in [5.41, 5.74) is -0.533. The third-order valence-electron chi connectivity index (χ3n) is 3.21. The van der Waals surface area contributed by atoms with E-state index in [4.69, 9.17) is 0 Å². The van der Waals surface area contributed by atoms with E-state index >= 15 is 0 Å². The van der Waals surface area contributed by atoms with Gasteiger partial charge in [0.25, 0.3) is 0 Å². The van der Waals surface area contributed by atoms with Crippen molar-refractivity contribution in [2.45, 2.75) is 50.9 Å². The minimum atomic E-state index is -0.533. The molecule has 12 heavy (non-hydrogen) atoms. The third kappa shape index (κ3) is 2.17. The second kappa shape index (κ2) is 3.59. The van der Waals surface area contributed by atoms with Gasteiger partial charge < -0.3 is 5.11 Å². The molecule has 0 aromatic heterocycles. The fourth-order valence-corrected chi connectivity index (χ4v) is 2.31. The zero-order valence-corrected chi connectivity index (χ0v) is 9.14. The summed E-state index contributed by atoms with van der Waals surface area (Å²) in [4.78, 5) is 0. The molecule has 0 unspecified atom stereocenters. The molecule has 1 rings (SSSR count). The van der Waals surface area contributed by atoms with Gasteiger partial charge in [0.05, 0.1) is 5.60 Å². The summed E-state index contributed by atoms with van der Waals surface area (Å²) in [6.07, 6.45) is 3.12. The first-order valence-electron chi connectivity index (χ1n) is 4.84. The average molecular weight is 188 g/mol. The largest absolute Gasteiger partial charge is 0.389 e. The second-order valence-corrected chi connectivity index (χ2v) is 5.27. The molecule has 0 aliphatic heterocycles. The predicted molar refractivity (Wildman–Crippen MR) is 55.6 cm³/mol. The van der Waals surface area contributed by atoms with Crippen LogP contribution in [0.3, 0.4) is 0 Å². The maximum Gasteiger partial charge on any atom is 0.0735 e. The van der Waals surface area contributed by atoms with Gasteiger partial charge in [-0.25, -0.2) is 0 Å². The van der Waals surface area contributed by atoms with Crippen molar-refractivity contribution in [1.82, 2.24) is 0 Å². The highest BCUT2D eigenvalue weighted by atomic mass is 32.1. The quantitative estimate of drug-likeness (QED) is 0.606. The second-order valence-electron chi connectivity index (χ2n) is 4.65. The molecular formula is C10H20OS. The number of thiol groups is 1. The molecule has 0 radical (unpaired) electrons. The number of hydrogen-bond donors (Lipinski definition) is 2. The number of aliphatic hydroxyl groups is 1. The summed E-state index contributed by atoms with van der Waals surface area (Å²) in [6.45, 7) is 6.41. The first-order chi connectivity index (χ1) is 5.43. The lowest BCUT2D eigenvalue weighted by Gasteiger charge is -2.39. The predicted octanol–water partition coefficient (Wildman–Crippen LogP) is 2.49. The first-order valence-corrected chi connectivity index (χ1v) is 5.35. The molecule has 1 N–H and O–H groups in total. The van der Waals surface area contributed by atoms with Crippen molar-refractivity contribution in [2.24, 2.45) is 11.8 Å². The van der Waals surface area contributed by atoms with E-state index in [-0.39, 0.29) is 5.25 Å². The minimum Gasteiger partial charge on any atom is -0.389 e. The molecule has 0 bridgehead atoms. The maximum atomic E-state index is 9.87. The third-order valence-corrected chi connectivity index (χ3v) is 3.98. The van der Waals surface area contributed by atoms with Crippen LogP contribution in [0.2, 0.25) is 0 Å². The van der Waals surface area contributed by atoms with Gasteiger partial charge in [-0.1, -0.05) is 13.8 Å². The van der Waals surface area contributed by atoms with Gasteiger partial charge in [0.2, 0.25) is 0 Å². The highest BCUT2D eigenvalue weighted by Gasteiger charge is 2.36. The summed E-state index contributed by atoms with van der Waals surface area (Å²) in [7, 11) is 0. The van der Waals surface area contributed by atoms with Gasteiger partial charge >= 0.3 is 0 Å². The molecule has 3 atom stereocenters. The number of rotatable bonds is 1. The van der Waals surface area contributed by atoms with Gasteiger partial charge in [0.15, 0.2) is 0 Å². The van der Waals surface area contributed by atoms with E-state index in [1.807, 2.05) is 6.92 Å². The normalized spacial score (nSPS) is 43.5. The Kier molecular flexibility index (Phi) is 3.11. The van der Waals surface area contributed by atoms with E-state index in [0.29, 0.717) is 0 Å². The molecule has 0 aromatic carbocycles. The Bertz CT molecular complexity index is 154. The van der Waals surface area contributed by atoms with Crippen molar-refractivity contribution in [2.75, 3.05) is 0 Å². The van der Waals surface area contributed by atoms with Crippen LogP contribution in [0.25, 0.3) is 0 Å². The summed E-state index contributed by atoms with van der Waals surface area (Å²) in [6, 6.07) is 0. The first kappa shape index (κ1) is 10.4. The molecule has 1 aliphatic rings. The molecule has 0 heterocycles. The van der Waals surface area contributed by atoms with Gasteiger partial charge in [-0.3, -0.25) is 0 Å². The Hall–Kier alpha value is 0.310. The van der Waals surface area contributed by atoms with Crippen LogP contribution in [0.4, 0.5) is 0 Å². The van der Waals surface area contributed by atoms with Crippen LogP contribution in [-0.2, 0) is 0 Å². The van der Waals surface area contributed by atoms with E-state index in [1.54, 1.807) is 0 Å². The molecule has 0 aromatic rings. The molecule has 2 heteroatoms. The van der Waals surface area contributed by atoms with E-state index in [1.165, 1.54) is 0 Å². The molecule has 0 amide bonds. The van der Waals surface area contributed by atoms with Crippen molar-refractivity contribution in [3.05, 3.63) is 0 Å². The van der Waals surface area contributed by atoms with Gasteiger partial charge in [0.1, 0.15) is 0 Å². The Morgan fingerprint density at radius 1 is 1.50 bits per heavy atom. The highest BCUT2D eigenvalue weighted by Crippen LogP contribution is 2.38. The standard InChI is InChI=1S/C10H20OS/c1-7(2)8-4-5-10(3,11)9(12)6-8/h7-9,11-12H,4-6H2,1-3H3/t8-,9+,10+/m1/s1. The van der Waals surface area contributed by atoms with E-state index in [0.717, 1.165) is 31.1 Å². The Balaban J connectivity index is 2.52. The topological polar surface area (TPSA) is 20.2 Å². The van der Waals surface area contributed by atoms with Gasteiger partial charge in [-0.05, 0) is 38.0 Å². The Morgan fingerprint density at radius 2 is 2.08 bits per heavy atom. The molecule has 0 saturated heterocycles. The lowest BCUT2D eigenvalue weighted by atomic mass is 9.75. The summed E-state index contributed by atoms with van der Waals surface area (Å²) in [5.74, 6) is 1.49. The lowest BCUT2D eigenvalue weighted by molar-refractivity contribution is 0.00903. The van der Waals surface area contributed by atoms with Crippen molar-refractivity contribution in [3.63, 3.8) is 0 Å². The van der Waals surface area contributed by atoms with Gasteiger partial charge in [-0.15, -0.1) is 0 Å². The van der Waals surface area contributed by atoms with Gasteiger partial charge in [-0.2, -0.15) is 12.6 Å². The van der Waals surface area contributed by atoms with Crippen LogP contribution in [0.1, 0.15) is 40.0 Å². The Labute approximate surface area is 81.0 Å². The van der Waals surface area contributed by atoms with Crippen molar-refractivity contribution in [3.8, 4) is 0 Å². The fourth-order valence-electron chi connectivity index (χ4n) is 1.91. The molecule has 1 saturated carbocycles. The van der Waals surface area contributed by atoms with Crippen LogP contribution in [0.5, 0.6) is 0 Å². The van der Waals surface area contributed by atoms with Crippen molar-refractivity contribution >= 4 is 12.6 Å². The molecule has 1 aliphatic carbocycles. The fraction of sp³-hybridized carbons (Fsp3) is 1.00. The summed E-state index contributed by atoms with van der Waals surface area (Å²) < 4.78 is 0. The smallest absolute Gasteiger partial charge is 0.0735 e. The molecule has 0 spiro atoms.